The number of nitro groups is 1. The van der Waals surface area contributed by atoms with Crippen molar-refractivity contribution in [2.24, 2.45) is 5.92 Å². The average molecular weight is 253 g/mol. The average Bonchev–Trinajstić information content (AvgIpc) is 3.09. The van der Waals surface area contributed by atoms with Gasteiger partial charge in [-0.2, -0.15) is 0 Å². The lowest BCUT2D eigenvalue weighted by Gasteiger charge is -2.07. The number of phenols is 1. The van der Waals surface area contributed by atoms with Gasteiger partial charge in [0.15, 0.2) is 5.75 Å². The lowest BCUT2D eigenvalue weighted by molar-refractivity contribution is -0.386. The number of hydrogen-bond acceptors (Lipinski definition) is 5. The second-order valence-electron chi connectivity index (χ2n) is 4.13. The summed E-state index contributed by atoms with van der Waals surface area (Å²) >= 11 is 0. The van der Waals surface area contributed by atoms with Crippen LogP contribution in [-0.4, -0.2) is 28.2 Å². The zero-order chi connectivity index (χ0) is 13.4. The van der Waals surface area contributed by atoms with Gasteiger partial charge in [-0.05, 0) is 24.0 Å². The summed E-state index contributed by atoms with van der Waals surface area (Å²) in [6, 6.07) is 2.64. The Bertz CT molecular complexity index is 527. The van der Waals surface area contributed by atoms with Crippen molar-refractivity contribution in [2.45, 2.75) is 12.3 Å². The number of ether oxygens (including phenoxy) is 1. The Morgan fingerprint density at radius 2 is 2.22 bits per heavy atom. The van der Waals surface area contributed by atoms with Crippen LogP contribution in [0.1, 0.15) is 17.9 Å². The predicted octanol–water partition coefficient (Wildman–Crippen LogP) is 1.50. The summed E-state index contributed by atoms with van der Waals surface area (Å²) < 4.78 is 4.85. The van der Waals surface area contributed by atoms with E-state index in [0.29, 0.717) is 12.0 Å². The third-order valence-electron chi connectivity index (χ3n) is 3.03. The van der Waals surface area contributed by atoms with Gasteiger partial charge in [-0.25, -0.2) is 0 Å². The zero-order valence-corrected chi connectivity index (χ0v) is 9.49. The maximum absolute atomic E-state index is 10.8. The third-order valence-corrected chi connectivity index (χ3v) is 3.03. The zero-order valence-electron chi connectivity index (χ0n) is 9.49. The SMILES string of the molecule is COc1cc(C2CC2C(=O)O)cc([N+](=O)[O-])c1O. The number of nitrogens with zero attached hydrogens (tertiary/aromatic N) is 1. The molecule has 0 bridgehead atoms. The molecular formula is C11H11NO6. The van der Waals surface area contributed by atoms with Gasteiger partial charge in [0.2, 0.25) is 5.75 Å². The van der Waals surface area contributed by atoms with E-state index in [9.17, 15) is 20.0 Å². The molecule has 0 aromatic heterocycles. The van der Waals surface area contributed by atoms with Crippen molar-refractivity contribution in [3.8, 4) is 11.5 Å². The molecule has 0 spiro atoms. The molecule has 7 heteroatoms. The molecule has 0 saturated heterocycles. The van der Waals surface area contributed by atoms with Crippen LogP contribution in [0.15, 0.2) is 12.1 Å². The second kappa shape index (κ2) is 4.17. The van der Waals surface area contributed by atoms with Crippen LogP contribution < -0.4 is 4.74 Å². The largest absolute Gasteiger partial charge is 0.500 e. The second-order valence-corrected chi connectivity index (χ2v) is 4.13. The van der Waals surface area contributed by atoms with Crippen molar-refractivity contribution in [3.63, 3.8) is 0 Å². The first-order valence-electron chi connectivity index (χ1n) is 5.23. The first kappa shape index (κ1) is 12.2. The van der Waals surface area contributed by atoms with Crippen LogP contribution in [-0.2, 0) is 4.79 Å². The molecular weight excluding hydrogens is 242 g/mol. The number of aromatic hydroxyl groups is 1. The van der Waals surface area contributed by atoms with Gasteiger partial charge in [0, 0.05) is 6.07 Å². The quantitative estimate of drug-likeness (QED) is 0.621. The van der Waals surface area contributed by atoms with Gasteiger partial charge in [-0.3, -0.25) is 14.9 Å². The van der Waals surface area contributed by atoms with E-state index in [1.165, 1.54) is 19.2 Å². The molecule has 0 amide bonds. The molecule has 7 nitrogen and oxygen atoms in total. The lowest BCUT2D eigenvalue weighted by atomic mass is 10.1. The van der Waals surface area contributed by atoms with Gasteiger partial charge in [0.25, 0.3) is 0 Å². The number of nitro benzene ring substituents is 1. The smallest absolute Gasteiger partial charge is 0.314 e. The van der Waals surface area contributed by atoms with Crippen LogP contribution in [0.2, 0.25) is 0 Å². The fourth-order valence-corrected chi connectivity index (χ4v) is 1.96. The summed E-state index contributed by atoms with van der Waals surface area (Å²) in [6.45, 7) is 0. The maximum atomic E-state index is 10.8. The molecule has 1 aromatic rings. The van der Waals surface area contributed by atoms with Gasteiger partial charge in [-0.1, -0.05) is 0 Å². The van der Waals surface area contributed by atoms with Crippen molar-refractivity contribution in [3.05, 3.63) is 27.8 Å². The Labute approximate surface area is 102 Å². The Kier molecular flexibility index (Phi) is 2.82. The molecule has 1 fully saturated rings. The number of methoxy groups -OCH3 is 1. The molecule has 1 aliphatic rings. The number of carboxylic acid groups (broad SMARTS) is 1. The van der Waals surface area contributed by atoms with Crippen molar-refractivity contribution in [1.29, 1.82) is 0 Å². The highest BCUT2D eigenvalue weighted by molar-refractivity contribution is 5.75. The van der Waals surface area contributed by atoms with E-state index in [1.54, 1.807) is 0 Å². The molecule has 0 aliphatic heterocycles. The van der Waals surface area contributed by atoms with Crippen LogP contribution in [0.5, 0.6) is 11.5 Å². The lowest BCUT2D eigenvalue weighted by Crippen LogP contribution is -2.00. The summed E-state index contributed by atoms with van der Waals surface area (Å²) in [4.78, 5) is 20.8. The Morgan fingerprint density at radius 1 is 1.56 bits per heavy atom. The van der Waals surface area contributed by atoms with Crippen LogP contribution >= 0.6 is 0 Å². The molecule has 18 heavy (non-hydrogen) atoms. The molecule has 2 N–H and O–H groups in total. The monoisotopic (exact) mass is 253 g/mol. The first-order chi connectivity index (χ1) is 8.45. The standard InChI is InChI=1S/C11H11NO6/c1-18-9-3-5(6-4-7(6)11(14)15)2-8(10(9)13)12(16)17/h2-3,6-7,13H,4H2,1H3,(H,14,15). The van der Waals surface area contributed by atoms with E-state index in [-0.39, 0.29) is 11.7 Å². The molecule has 2 atom stereocenters. The van der Waals surface area contributed by atoms with Crippen molar-refractivity contribution in [2.75, 3.05) is 7.11 Å². The van der Waals surface area contributed by atoms with E-state index in [2.05, 4.69) is 0 Å². The van der Waals surface area contributed by atoms with Crippen molar-refractivity contribution >= 4 is 11.7 Å². The number of aliphatic carboxylic acids is 1. The summed E-state index contributed by atoms with van der Waals surface area (Å²) in [7, 11) is 1.28. The fourth-order valence-electron chi connectivity index (χ4n) is 1.96. The molecule has 1 saturated carbocycles. The molecule has 96 valence electrons. The van der Waals surface area contributed by atoms with E-state index in [1.807, 2.05) is 0 Å². The van der Waals surface area contributed by atoms with Gasteiger partial charge >= 0.3 is 11.7 Å². The van der Waals surface area contributed by atoms with Crippen molar-refractivity contribution < 1.29 is 24.7 Å². The summed E-state index contributed by atoms with van der Waals surface area (Å²) in [5.41, 5.74) is 0.0316. The van der Waals surface area contributed by atoms with Gasteiger partial charge in [0.05, 0.1) is 18.0 Å². The van der Waals surface area contributed by atoms with Gasteiger partial charge in [0.1, 0.15) is 0 Å². The number of phenolic OH excluding ortho intramolecular Hbond substituents is 1. The first-order valence-corrected chi connectivity index (χ1v) is 5.23. The predicted molar refractivity (Wildman–Crippen MR) is 59.8 cm³/mol. The summed E-state index contributed by atoms with van der Waals surface area (Å²) in [5.74, 6) is -2.25. The van der Waals surface area contributed by atoms with Crippen LogP contribution in [0, 0.1) is 16.0 Å². The number of carbonyl (C=O) groups is 1. The maximum Gasteiger partial charge on any atom is 0.314 e. The van der Waals surface area contributed by atoms with E-state index >= 15 is 0 Å². The van der Waals surface area contributed by atoms with Crippen LogP contribution in [0.25, 0.3) is 0 Å². The number of hydrogen-bond donors (Lipinski definition) is 2. The fraction of sp³-hybridized carbons (Fsp3) is 0.364. The minimum Gasteiger partial charge on any atom is -0.500 e. The normalized spacial score (nSPS) is 21.4. The third kappa shape index (κ3) is 1.94. The summed E-state index contributed by atoms with van der Waals surface area (Å²) in [6.07, 6.45) is 0.445. The summed E-state index contributed by atoms with van der Waals surface area (Å²) in [5, 5.41) is 29.2. The number of carboxylic acids is 1. The Morgan fingerprint density at radius 3 is 2.67 bits per heavy atom. The van der Waals surface area contributed by atoms with E-state index in [0.717, 1.165) is 0 Å². The molecule has 0 radical (unpaired) electrons. The highest BCUT2D eigenvalue weighted by Crippen LogP contribution is 2.50. The minimum atomic E-state index is -0.922. The molecule has 2 rings (SSSR count). The van der Waals surface area contributed by atoms with Crippen molar-refractivity contribution in [1.82, 2.24) is 0 Å². The van der Waals surface area contributed by atoms with E-state index < -0.39 is 28.2 Å². The molecule has 2 unspecified atom stereocenters. The highest BCUT2D eigenvalue weighted by atomic mass is 16.6. The Hall–Kier alpha value is -2.31. The van der Waals surface area contributed by atoms with Crippen LogP contribution in [0.4, 0.5) is 5.69 Å². The van der Waals surface area contributed by atoms with Gasteiger partial charge < -0.3 is 14.9 Å². The van der Waals surface area contributed by atoms with E-state index in [4.69, 9.17) is 9.84 Å². The topological polar surface area (TPSA) is 110 Å². The molecule has 0 heterocycles. The Balaban J connectivity index is 2.41. The van der Waals surface area contributed by atoms with Gasteiger partial charge in [-0.15, -0.1) is 0 Å². The molecule has 1 aromatic carbocycles. The highest BCUT2D eigenvalue weighted by Gasteiger charge is 2.45. The number of benzene rings is 1. The molecule has 1 aliphatic carbocycles. The number of rotatable bonds is 4. The minimum absolute atomic E-state index is 0.0183. The van der Waals surface area contributed by atoms with Crippen LogP contribution in [0.3, 0.4) is 0 Å².